The quantitative estimate of drug-likeness (QED) is 0.130. The van der Waals surface area contributed by atoms with Gasteiger partial charge in [-0.3, -0.25) is 9.59 Å². The third kappa shape index (κ3) is 10.4. The molecule has 350 valence electrons. The van der Waals surface area contributed by atoms with Gasteiger partial charge in [-0.25, -0.2) is 0 Å². The third-order valence-electron chi connectivity index (χ3n) is 15.5. The van der Waals surface area contributed by atoms with Crippen molar-refractivity contribution < 1.29 is 9.59 Å². The van der Waals surface area contributed by atoms with Crippen molar-refractivity contribution in [2.24, 2.45) is 11.8 Å². The van der Waals surface area contributed by atoms with Crippen molar-refractivity contribution >= 4 is 58.2 Å². The van der Waals surface area contributed by atoms with E-state index in [0.29, 0.717) is 75.2 Å². The Hall–Kier alpha value is -4.66. The van der Waals surface area contributed by atoms with Crippen LogP contribution in [-0.4, -0.2) is 96.9 Å². The van der Waals surface area contributed by atoms with E-state index in [0.717, 1.165) is 65.0 Å². The summed E-state index contributed by atoms with van der Waals surface area (Å²) in [6.45, 7) is 8.70. The number of carbonyl (C=O) groups is 2. The minimum Gasteiger partial charge on any atom is -0.338 e. The van der Waals surface area contributed by atoms with E-state index in [1.807, 2.05) is 9.80 Å². The number of rotatable bonds is 11. The number of amides is 2. The van der Waals surface area contributed by atoms with Gasteiger partial charge in [-0.2, -0.15) is 0 Å². The zero-order valence-corrected chi connectivity index (χ0v) is 41.4. The average Bonchev–Trinajstić information content (AvgIpc) is 4.00. The van der Waals surface area contributed by atoms with Gasteiger partial charge < -0.3 is 19.6 Å². The Bertz CT molecular complexity index is 2680. The van der Waals surface area contributed by atoms with Crippen LogP contribution in [0.1, 0.15) is 92.3 Å². The van der Waals surface area contributed by atoms with E-state index in [-0.39, 0.29) is 29.6 Å². The lowest BCUT2D eigenvalue weighted by Gasteiger charge is -2.35. The standard InChI is InChI=1S/C58H58Cl4N4O2/c59-49-21-22-50(55(62)32-49)57(67)65-35-48(34-64-27-23-42(24-28-64)39-9-3-1-4-10-39)52(38-65)46-14-7-13-45(31-46)41-19-17-40(18-20-41)43-25-29-63(30-26-43)33-47-36-66(37-51(47)44-11-5-2-6-12-44)58(68)56-53(60)15-8-16-54(56)61/h1-22,31-32,42-43,47-48,51-52H,23-30,33-38H2/t47?,48?,51-,52-/m1/s1. The summed E-state index contributed by atoms with van der Waals surface area (Å²) in [6.07, 6.45) is 4.49. The topological polar surface area (TPSA) is 47.1 Å². The van der Waals surface area contributed by atoms with Gasteiger partial charge in [0.1, 0.15) is 0 Å². The molecule has 68 heavy (non-hydrogen) atoms. The molecule has 2 amide bonds. The Balaban J connectivity index is 0.796. The monoisotopic (exact) mass is 982 g/mol. The van der Waals surface area contributed by atoms with Crippen LogP contribution in [0.4, 0.5) is 0 Å². The van der Waals surface area contributed by atoms with Gasteiger partial charge in [0, 0.05) is 56.1 Å². The Morgan fingerprint density at radius 2 is 0.941 bits per heavy atom. The normalized spacial score (nSPS) is 21.9. The van der Waals surface area contributed by atoms with E-state index >= 15 is 0 Å². The number of benzene rings is 6. The smallest absolute Gasteiger partial charge is 0.256 e. The van der Waals surface area contributed by atoms with Crippen LogP contribution in [0.3, 0.4) is 0 Å². The highest BCUT2D eigenvalue weighted by molar-refractivity contribution is 6.39. The second-order valence-electron chi connectivity index (χ2n) is 19.6. The van der Waals surface area contributed by atoms with Crippen LogP contribution in [0.25, 0.3) is 11.1 Å². The number of piperidine rings is 2. The van der Waals surface area contributed by atoms with Gasteiger partial charge in [0.05, 0.1) is 26.2 Å². The predicted molar refractivity (Wildman–Crippen MR) is 279 cm³/mol. The molecule has 4 aliphatic heterocycles. The van der Waals surface area contributed by atoms with Crippen LogP contribution in [0.15, 0.2) is 146 Å². The molecule has 0 spiro atoms. The lowest BCUT2D eigenvalue weighted by molar-refractivity contribution is 0.0774. The Morgan fingerprint density at radius 3 is 1.51 bits per heavy atom. The second-order valence-corrected chi connectivity index (χ2v) is 21.3. The molecule has 10 rings (SSSR count). The number of hydrogen-bond donors (Lipinski definition) is 0. The fraction of sp³-hybridized carbons (Fsp3) is 0.345. The van der Waals surface area contributed by atoms with Gasteiger partial charge in [-0.15, -0.1) is 0 Å². The molecule has 4 aliphatic rings. The molecule has 6 nitrogen and oxygen atoms in total. The average molecular weight is 985 g/mol. The first-order valence-electron chi connectivity index (χ1n) is 24.4. The van der Waals surface area contributed by atoms with E-state index in [1.165, 1.54) is 33.4 Å². The van der Waals surface area contributed by atoms with Crippen molar-refractivity contribution in [1.82, 2.24) is 19.6 Å². The first kappa shape index (κ1) is 47.0. The Morgan fingerprint density at radius 1 is 0.441 bits per heavy atom. The fourth-order valence-corrected chi connectivity index (χ4v) is 12.8. The number of nitrogens with zero attached hydrogens (tertiary/aromatic N) is 4. The largest absolute Gasteiger partial charge is 0.338 e. The maximum absolute atomic E-state index is 14.1. The van der Waals surface area contributed by atoms with Crippen LogP contribution >= 0.6 is 46.4 Å². The summed E-state index contributed by atoms with van der Waals surface area (Å²) in [5, 5.41) is 1.71. The first-order chi connectivity index (χ1) is 33.1. The van der Waals surface area contributed by atoms with E-state index in [9.17, 15) is 9.59 Å². The van der Waals surface area contributed by atoms with Gasteiger partial charge in [0.25, 0.3) is 11.8 Å². The summed E-state index contributed by atoms with van der Waals surface area (Å²) in [5.74, 6) is 1.98. The molecular weight excluding hydrogens is 926 g/mol. The summed E-state index contributed by atoms with van der Waals surface area (Å²) in [7, 11) is 0. The maximum atomic E-state index is 14.1. The molecule has 6 aromatic carbocycles. The van der Waals surface area contributed by atoms with Crippen molar-refractivity contribution in [3.05, 3.63) is 199 Å². The SMILES string of the molecule is O=C(c1ccc(Cl)cc1Cl)N1CC(CN2CCC(c3ccccc3)CC2)[C@@H](c2cccc(-c3ccc(C4CCN(CC5CN(C(=O)c6c(Cl)cccc6Cl)C[C@@H]5c5ccccc5)CC4)cc3)c2)C1. The van der Waals surface area contributed by atoms with Crippen LogP contribution < -0.4 is 0 Å². The molecule has 0 aromatic heterocycles. The third-order valence-corrected chi connectivity index (χ3v) is 16.7. The molecule has 0 saturated carbocycles. The molecule has 2 unspecified atom stereocenters. The van der Waals surface area contributed by atoms with Crippen LogP contribution in [0.5, 0.6) is 0 Å². The van der Waals surface area contributed by atoms with Gasteiger partial charge in [-0.1, -0.05) is 162 Å². The fourth-order valence-electron chi connectivity index (χ4n) is 11.8. The minimum atomic E-state index is -0.0924. The maximum Gasteiger partial charge on any atom is 0.256 e. The van der Waals surface area contributed by atoms with Crippen molar-refractivity contribution in [2.75, 3.05) is 65.4 Å². The van der Waals surface area contributed by atoms with E-state index in [2.05, 4.69) is 119 Å². The summed E-state index contributed by atoms with van der Waals surface area (Å²) in [5.41, 5.74) is 8.68. The lowest BCUT2D eigenvalue weighted by Crippen LogP contribution is -2.38. The van der Waals surface area contributed by atoms with Crippen molar-refractivity contribution in [3.63, 3.8) is 0 Å². The summed E-state index contributed by atoms with van der Waals surface area (Å²) in [6, 6.07) is 50.3. The van der Waals surface area contributed by atoms with Gasteiger partial charge >= 0.3 is 0 Å². The predicted octanol–water partition coefficient (Wildman–Crippen LogP) is 13.4. The molecule has 4 fully saturated rings. The number of hydrogen-bond acceptors (Lipinski definition) is 4. The molecule has 4 atom stereocenters. The summed E-state index contributed by atoms with van der Waals surface area (Å²) in [4.78, 5) is 37.1. The van der Waals surface area contributed by atoms with Gasteiger partial charge in [0.15, 0.2) is 0 Å². The van der Waals surface area contributed by atoms with Crippen LogP contribution in [0.2, 0.25) is 20.1 Å². The summed E-state index contributed by atoms with van der Waals surface area (Å²) < 4.78 is 0. The summed E-state index contributed by atoms with van der Waals surface area (Å²) >= 11 is 25.9. The highest BCUT2D eigenvalue weighted by atomic mass is 35.5. The zero-order valence-electron chi connectivity index (χ0n) is 38.3. The first-order valence-corrected chi connectivity index (χ1v) is 25.9. The molecule has 0 bridgehead atoms. The minimum absolute atomic E-state index is 0.0343. The number of carbonyl (C=O) groups excluding carboxylic acids is 2. The molecule has 0 radical (unpaired) electrons. The molecule has 4 heterocycles. The van der Waals surface area contributed by atoms with Crippen molar-refractivity contribution in [3.8, 4) is 11.1 Å². The van der Waals surface area contributed by atoms with Crippen molar-refractivity contribution in [2.45, 2.75) is 49.4 Å². The molecule has 6 aromatic rings. The van der Waals surface area contributed by atoms with Crippen LogP contribution in [0, 0.1) is 11.8 Å². The molecule has 10 heteroatoms. The number of halogens is 4. The van der Waals surface area contributed by atoms with E-state index in [4.69, 9.17) is 46.4 Å². The molecule has 0 N–H and O–H groups in total. The molecule has 0 aliphatic carbocycles. The highest BCUT2D eigenvalue weighted by Crippen LogP contribution is 2.40. The number of likely N-dealkylation sites (tertiary alicyclic amines) is 4. The second kappa shape index (κ2) is 21.1. The zero-order chi connectivity index (χ0) is 46.7. The van der Waals surface area contributed by atoms with E-state index in [1.54, 1.807) is 36.4 Å². The van der Waals surface area contributed by atoms with Crippen LogP contribution in [-0.2, 0) is 0 Å². The lowest BCUT2D eigenvalue weighted by atomic mass is 9.85. The van der Waals surface area contributed by atoms with Gasteiger partial charge in [-0.05, 0) is 139 Å². The van der Waals surface area contributed by atoms with Crippen molar-refractivity contribution in [1.29, 1.82) is 0 Å². The Kier molecular flexibility index (Phi) is 14.6. The molecule has 4 saturated heterocycles. The molecular formula is C58H58Cl4N4O2. The Labute approximate surface area is 421 Å². The highest BCUT2D eigenvalue weighted by Gasteiger charge is 2.40. The van der Waals surface area contributed by atoms with Gasteiger partial charge in [0.2, 0.25) is 0 Å². The van der Waals surface area contributed by atoms with E-state index < -0.39 is 0 Å².